The predicted octanol–water partition coefficient (Wildman–Crippen LogP) is 3.39. The smallest absolute Gasteiger partial charge is 0.127 e. The van der Waals surface area contributed by atoms with Gasteiger partial charge in [0.2, 0.25) is 0 Å². The van der Waals surface area contributed by atoms with Gasteiger partial charge in [0.05, 0.1) is 0 Å². The zero-order valence-electron chi connectivity index (χ0n) is 11.9. The van der Waals surface area contributed by atoms with Gasteiger partial charge in [-0.2, -0.15) is 11.8 Å². The Balaban J connectivity index is 1.61. The first-order chi connectivity index (χ1) is 9.14. The van der Waals surface area contributed by atoms with E-state index in [9.17, 15) is 0 Å². The summed E-state index contributed by atoms with van der Waals surface area (Å²) in [6.45, 7) is 6.38. The van der Waals surface area contributed by atoms with Crippen LogP contribution < -0.4 is 10.1 Å². The van der Waals surface area contributed by atoms with Crippen LogP contribution in [0.4, 0.5) is 0 Å². The Bertz CT molecular complexity index is 452. The summed E-state index contributed by atoms with van der Waals surface area (Å²) in [4.78, 5) is 0. The Labute approximate surface area is 120 Å². The standard InChI is InChI=1S/C16H23NOS/c1-16(2)9-12-5-3-6-13(15(12)18-16)10-17-11-14-7-4-8-19-14/h3,5-6,14,17H,4,7-11H2,1-2H3. The molecule has 0 amide bonds. The molecule has 1 aromatic rings. The maximum atomic E-state index is 6.10. The van der Waals surface area contributed by atoms with Crippen LogP contribution in [0.1, 0.15) is 37.8 Å². The number of rotatable bonds is 4. The van der Waals surface area contributed by atoms with Gasteiger partial charge in [-0.1, -0.05) is 18.2 Å². The van der Waals surface area contributed by atoms with Crippen molar-refractivity contribution < 1.29 is 4.74 Å². The fourth-order valence-electron chi connectivity index (χ4n) is 2.99. The van der Waals surface area contributed by atoms with E-state index in [0.29, 0.717) is 0 Å². The van der Waals surface area contributed by atoms with E-state index in [4.69, 9.17) is 4.74 Å². The molecule has 2 nitrogen and oxygen atoms in total. The van der Waals surface area contributed by atoms with Gasteiger partial charge in [-0.3, -0.25) is 0 Å². The highest BCUT2D eigenvalue weighted by Crippen LogP contribution is 2.37. The van der Waals surface area contributed by atoms with Crippen molar-refractivity contribution in [1.29, 1.82) is 0 Å². The maximum absolute atomic E-state index is 6.10. The van der Waals surface area contributed by atoms with Gasteiger partial charge in [0.25, 0.3) is 0 Å². The van der Waals surface area contributed by atoms with E-state index in [-0.39, 0.29) is 5.60 Å². The number of hydrogen-bond acceptors (Lipinski definition) is 3. The number of thioether (sulfide) groups is 1. The molecular weight excluding hydrogens is 254 g/mol. The Hall–Kier alpha value is -0.670. The Morgan fingerprint density at radius 2 is 2.32 bits per heavy atom. The van der Waals surface area contributed by atoms with Crippen LogP contribution in [0.3, 0.4) is 0 Å². The number of ether oxygens (including phenoxy) is 1. The van der Waals surface area contributed by atoms with Gasteiger partial charge in [0, 0.05) is 30.3 Å². The summed E-state index contributed by atoms with van der Waals surface area (Å²) in [6, 6.07) is 6.54. The van der Waals surface area contributed by atoms with Gasteiger partial charge in [-0.05, 0) is 38.0 Å². The SMILES string of the molecule is CC1(C)Cc2cccc(CNCC3CCCS3)c2O1. The molecule has 1 aromatic carbocycles. The minimum absolute atomic E-state index is 0.0419. The number of hydrogen-bond donors (Lipinski definition) is 1. The largest absolute Gasteiger partial charge is 0.487 e. The van der Waals surface area contributed by atoms with Crippen LogP contribution in [-0.4, -0.2) is 23.1 Å². The highest BCUT2D eigenvalue weighted by Gasteiger charge is 2.31. The quantitative estimate of drug-likeness (QED) is 0.911. The highest BCUT2D eigenvalue weighted by molar-refractivity contribution is 8.00. The summed E-state index contributed by atoms with van der Waals surface area (Å²) in [5, 5.41) is 4.41. The van der Waals surface area contributed by atoms with Crippen LogP contribution >= 0.6 is 11.8 Å². The van der Waals surface area contributed by atoms with Gasteiger partial charge in [0.1, 0.15) is 11.4 Å². The molecule has 0 spiro atoms. The van der Waals surface area contributed by atoms with Crippen molar-refractivity contribution in [3.8, 4) is 5.75 Å². The lowest BCUT2D eigenvalue weighted by atomic mass is 10.0. The molecule has 1 unspecified atom stereocenters. The molecule has 3 heteroatoms. The van der Waals surface area contributed by atoms with Crippen molar-refractivity contribution in [2.45, 2.75) is 50.5 Å². The van der Waals surface area contributed by atoms with Gasteiger partial charge in [-0.25, -0.2) is 0 Å². The molecule has 2 aliphatic heterocycles. The average molecular weight is 277 g/mol. The topological polar surface area (TPSA) is 21.3 Å². The molecule has 1 saturated heterocycles. The number of benzene rings is 1. The van der Waals surface area contributed by atoms with Crippen molar-refractivity contribution in [1.82, 2.24) is 5.32 Å². The zero-order valence-corrected chi connectivity index (χ0v) is 12.7. The van der Waals surface area contributed by atoms with E-state index in [1.165, 1.54) is 29.7 Å². The van der Waals surface area contributed by atoms with E-state index in [2.05, 4.69) is 49.1 Å². The van der Waals surface area contributed by atoms with Crippen LogP contribution in [0.5, 0.6) is 5.75 Å². The van der Waals surface area contributed by atoms with E-state index in [1.807, 2.05) is 0 Å². The molecule has 104 valence electrons. The van der Waals surface area contributed by atoms with Crippen molar-refractivity contribution in [2.24, 2.45) is 0 Å². The highest BCUT2D eigenvalue weighted by atomic mass is 32.2. The third kappa shape index (κ3) is 3.09. The van der Waals surface area contributed by atoms with Crippen molar-refractivity contribution in [2.75, 3.05) is 12.3 Å². The number of para-hydroxylation sites is 1. The molecule has 2 heterocycles. The number of nitrogens with one attached hydrogen (secondary N) is 1. The molecule has 3 rings (SSSR count). The normalized spacial score (nSPS) is 24.2. The molecule has 1 fully saturated rings. The summed E-state index contributed by atoms with van der Waals surface area (Å²) >= 11 is 2.11. The fraction of sp³-hybridized carbons (Fsp3) is 0.625. The Morgan fingerprint density at radius 3 is 3.11 bits per heavy atom. The minimum atomic E-state index is -0.0419. The van der Waals surface area contributed by atoms with Gasteiger partial charge in [-0.15, -0.1) is 0 Å². The molecular formula is C16H23NOS. The van der Waals surface area contributed by atoms with Crippen LogP contribution in [0.25, 0.3) is 0 Å². The van der Waals surface area contributed by atoms with Crippen LogP contribution in [0.2, 0.25) is 0 Å². The molecule has 1 atom stereocenters. The second-order valence-electron chi connectivity index (χ2n) is 6.21. The summed E-state index contributed by atoms with van der Waals surface area (Å²) < 4.78 is 6.10. The zero-order chi connectivity index (χ0) is 13.3. The molecule has 19 heavy (non-hydrogen) atoms. The molecule has 0 bridgehead atoms. The minimum Gasteiger partial charge on any atom is -0.487 e. The van der Waals surface area contributed by atoms with Gasteiger partial charge < -0.3 is 10.1 Å². The second kappa shape index (κ2) is 5.37. The first kappa shape index (κ1) is 13.3. The fourth-order valence-corrected chi connectivity index (χ4v) is 4.23. The van der Waals surface area contributed by atoms with Crippen LogP contribution in [0.15, 0.2) is 18.2 Å². The van der Waals surface area contributed by atoms with Crippen molar-refractivity contribution >= 4 is 11.8 Å². The maximum Gasteiger partial charge on any atom is 0.127 e. The molecule has 1 N–H and O–H groups in total. The van der Waals surface area contributed by atoms with Gasteiger partial charge in [0.15, 0.2) is 0 Å². The van der Waals surface area contributed by atoms with Crippen molar-refractivity contribution in [3.05, 3.63) is 29.3 Å². The summed E-state index contributed by atoms with van der Waals surface area (Å²) in [7, 11) is 0. The molecule has 2 aliphatic rings. The molecule has 0 aromatic heterocycles. The lowest BCUT2D eigenvalue weighted by Gasteiger charge is -2.18. The van der Waals surface area contributed by atoms with E-state index in [1.54, 1.807) is 0 Å². The van der Waals surface area contributed by atoms with Crippen LogP contribution in [0, 0.1) is 0 Å². The monoisotopic (exact) mass is 277 g/mol. The lowest BCUT2D eigenvalue weighted by molar-refractivity contribution is 0.137. The van der Waals surface area contributed by atoms with Crippen LogP contribution in [-0.2, 0) is 13.0 Å². The summed E-state index contributed by atoms with van der Waals surface area (Å²) in [5.41, 5.74) is 2.63. The first-order valence-electron chi connectivity index (χ1n) is 7.26. The van der Waals surface area contributed by atoms with E-state index < -0.39 is 0 Å². The van der Waals surface area contributed by atoms with E-state index >= 15 is 0 Å². The summed E-state index contributed by atoms with van der Waals surface area (Å²) in [6.07, 6.45) is 3.78. The number of fused-ring (bicyclic) bond motifs is 1. The molecule has 0 saturated carbocycles. The average Bonchev–Trinajstić information content (AvgIpc) is 2.95. The third-order valence-electron chi connectivity index (χ3n) is 3.88. The molecule has 0 radical (unpaired) electrons. The molecule has 0 aliphatic carbocycles. The van der Waals surface area contributed by atoms with E-state index in [0.717, 1.165) is 30.5 Å². The Morgan fingerprint density at radius 1 is 1.42 bits per heavy atom. The second-order valence-corrected chi connectivity index (χ2v) is 7.62. The third-order valence-corrected chi connectivity index (χ3v) is 5.28. The first-order valence-corrected chi connectivity index (χ1v) is 8.31. The Kier molecular flexibility index (Phi) is 3.77. The predicted molar refractivity (Wildman–Crippen MR) is 82.0 cm³/mol. The van der Waals surface area contributed by atoms with Crippen molar-refractivity contribution in [3.63, 3.8) is 0 Å². The van der Waals surface area contributed by atoms with Gasteiger partial charge >= 0.3 is 0 Å². The lowest BCUT2D eigenvalue weighted by Crippen LogP contribution is -2.25. The summed E-state index contributed by atoms with van der Waals surface area (Å²) in [5.74, 6) is 2.46.